The largest absolute Gasteiger partial charge is 0.508 e. The Hall–Kier alpha value is -1.74. The van der Waals surface area contributed by atoms with Crippen LogP contribution in [0.5, 0.6) is 5.75 Å². The van der Waals surface area contributed by atoms with Gasteiger partial charge in [0.2, 0.25) is 0 Å². The minimum Gasteiger partial charge on any atom is -0.508 e. The predicted molar refractivity (Wildman–Crippen MR) is 71.0 cm³/mol. The third-order valence-electron chi connectivity index (χ3n) is 2.65. The first-order chi connectivity index (χ1) is 8.24. The number of aromatic hydroxyl groups is 1. The van der Waals surface area contributed by atoms with Crippen LogP contribution in [0.25, 0.3) is 22.3 Å². The van der Waals surface area contributed by atoms with Crippen LogP contribution in [0, 0.1) is 0 Å². The molecule has 3 rings (SSSR count). The molecule has 0 radical (unpaired) electrons. The Morgan fingerprint density at radius 3 is 2.47 bits per heavy atom. The molecule has 0 saturated heterocycles. The number of rotatable bonds is 1. The van der Waals surface area contributed by atoms with Crippen LogP contribution in [0.3, 0.4) is 0 Å². The highest BCUT2D eigenvalue weighted by Gasteiger charge is 2.08. The van der Waals surface area contributed by atoms with Crippen LogP contribution in [0.4, 0.5) is 0 Å². The van der Waals surface area contributed by atoms with Crippen molar-refractivity contribution in [1.29, 1.82) is 0 Å². The fourth-order valence-electron chi connectivity index (χ4n) is 1.80. The first-order valence-electron chi connectivity index (χ1n) is 5.21. The summed E-state index contributed by atoms with van der Waals surface area (Å²) in [5, 5.41) is 10.3. The van der Waals surface area contributed by atoms with Gasteiger partial charge in [-0.2, -0.15) is 0 Å². The molecule has 0 aliphatic carbocycles. The Bertz CT molecular complexity index is 668. The highest BCUT2D eigenvalue weighted by molar-refractivity contribution is 9.10. The Labute approximate surface area is 107 Å². The van der Waals surface area contributed by atoms with Crippen molar-refractivity contribution < 1.29 is 9.52 Å². The van der Waals surface area contributed by atoms with Crippen molar-refractivity contribution in [3.8, 4) is 17.1 Å². The quantitative estimate of drug-likeness (QED) is 0.712. The van der Waals surface area contributed by atoms with Crippen molar-refractivity contribution >= 4 is 26.9 Å². The monoisotopic (exact) mass is 288 g/mol. The summed E-state index contributed by atoms with van der Waals surface area (Å²) < 4.78 is 6.74. The fourth-order valence-corrected chi connectivity index (χ4v) is 2.26. The molecule has 0 spiro atoms. The van der Waals surface area contributed by atoms with E-state index in [1.807, 2.05) is 36.4 Å². The summed E-state index contributed by atoms with van der Waals surface area (Å²) in [7, 11) is 0. The Balaban J connectivity index is 2.18. The van der Waals surface area contributed by atoms with Gasteiger partial charge in [-0.25, -0.2) is 0 Å². The van der Waals surface area contributed by atoms with Crippen LogP contribution >= 0.6 is 15.9 Å². The zero-order chi connectivity index (χ0) is 11.8. The molecule has 1 aromatic heterocycles. The maximum absolute atomic E-state index is 9.25. The first-order valence-corrected chi connectivity index (χ1v) is 6.01. The molecule has 2 nitrogen and oxygen atoms in total. The zero-order valence-corrected chi connectivity index (χ0v) is 10.4. The van der Waals surface area contributed by atoms with Crippen molar-refractivity contribution in [3.63, 3.8) is 0 Å². The third-order valence-corrected chi connectivity index (χ3v) is 3.27. The summed E-state index contributed by atoms with van der Waals surface area (Å²) in [6, 6.07) is 14.9. The Morgan fingerprint density at radius 2 is 1.76 bits per heavy atom. The lowest BCUT2D eigenvalue weighted by atomic mass is 10.1. The lowest BCUT2D eigenvalue weighted by molar-refractivity contribution is 0.475. The average Bonchev–Trinajstić information content (AvgIpc) is 2.75. The van der Waals surface area contributed by atoms with E-state index >= 15 is 0 Å². The molecule has 0 saturated carbocycles. The van der Waals surface area contributed by atoms with Gasteiger partial charge < -0.3 is 9.52 Å². The summed E-state index contributed by atoms with van der Waals surface area (Å²) >= 11 is 3.46. The van der Waals surface area contributed by atoms with Crippen LogP contribution in [0.15, 0.2) is 57.4 Å². The minimum absolute atomic E-state index is 0.256. The topological polar surface area (TPSA) is 33.4 Å². The molecular weight excluding hydrogens is 280 g/mol. The van der Waals surface area contributed by atoms with E-state index in [4.69, 9.17) is 4.42 Å². The van der Waals surface area contributed by atoms with Gasteiger partial charge in [-0.15, -0.1) is 0 Å². The van der Waals surface area contributed by atoms with Crippen molar-refractivity contribution in [2.24, 2.45) is 0 Å². The molecule has 17 heavy (non-hydrogen) atoms. The Morgan fingerprint density at radius 1 is 1.00 bits per heavy atom. The summed E-state index contributed by atoms with van der Waals surface area (Å²) in [6.45, 7) is 0. The molecule has 0 amide bonds. The van der Waals surface area contributed by atoms with Gasteiger partial charge in [0.25, 0.3) is 0 Å². The molecule has 84 valence electrons. The first kappa shape index (κ1) is 10.4. The standard InChI is InChI=1S/C14H9BrO2/c15-12-3-1-2-10-8-13(17-14(10)12)9-4-6-11(16)7-5-9/h1-8,16H. The number of halogens is 1. The van der Waals surface area contributed by atoms with Crippen LogP contribution in [-0.4, -0.2) is 5.11 Å². The maximum Gasteiger partial charge on any atom is 0.148 e. The summed E-state index contributed by atoms with van der Waals surface area (Å²) in [4.78, 5) is 0. The lowest BCUT2D eigenvalue weighted by Gasteiger charge is -1.96. The number of hydrogen-bond donors (Lipinski definition) is 1. The highest BCUT2D eigenvalue weighted by Crippen LogP contribution is 2.32. The van der Waals surface area contributed by atoms with Crippen LogP contribution in [0.2, 0.25) is 0 Å². The molecule has 1 heterocycles. The number of fused-ring (bicyclic) bond motifs is 1. The third kappa shape index (κ3) is 1.83. The van der Waals surface area contributed by atoms with E-state index in [9.17, 15) is 5.11 Å². The summed E-state index contributed by atoms with van der Waals surface area (Å²) in [6.07, 6.45) is 0. The molecular formula is C14H9BrO2. The van der Waals surface area contributed by atoms with Crippen molar-refractivity contribution in [3.05, 3.63) is 53.0 Å². The molecule has 0 aliphatic rings. The molecule has 0 bridgehead atoms. The number of para-hydroxylation sites is 1. The molecule has 0 atom stereocenters. The SMILES string of the molecule is Oc1ccc(-c2cc3cccc(Br)c3o2)cc1. The number of furan rings is 1. The smallest absolute Gasteiger partial charge is 0.148 e. The second-order valence-corrected chi connectivity index (χ2v) is 4.67. The molecule has 0 fully saturated rings. The van der Waals surface area contributed by atoms with E-state index < -0.39 is 0 Å². The molecule has 0 aliphatic heterocycles. The van der Waals surface area contributed by atoms with Gasteiger partial charge in [0.15, 0.2) is 0 Å². The summed E-state index contributed by atoms with van der Waals surface area (Å²) in [5.74, 6) is 1.05. The van der Waals surface area contributed by atoms with Gasteiger partial charge in [-0.3, -0.25) is 0 Å². The van der Waals surface area contributed by atoms with Crippen molar-refractivity contribution in [2.45, 2.75) is 0 Å². The van der Waals surface area contributed by atoms with Gasteiger partial charge in [0.1, 0.15) is 17.1 Å². The van der Waals surface area contributed by atoms with Gasteiger partial charge in [-0.1, -0.05) is 12.1 Å². The van der Waals surface area contributed by atoms with E-state index in [2.05, 4.69) is 15.9 Å². The zero-order valence-electron chi connectivity index (χ0n) is 8.85. The maximum atomic E-state index is 9.25. The number of phenols is 1. The number of phenolic OH excluding ortho intramolecular Hbond substituents is 1. The van der Waals surface area contributed by atoms with E-state index in [0.29, 0.717) is 0 Å². The molecule has 3 heteroatoms. The Kier molecular flexibility index (Phi) is 2.41. The molecule has 1 N–H and O–H groups in total. The lowest BCUT2D eigenvalue weighted by Crippen LogP contribution is -1.71. The molecule has 0 unspecified atom stereocenters. The normalized spacial score (nSPS) is 10.9. The van der Waals surface area contributed by atoms with Gasteiger partial charge in [-0.05, 0) is 52.3 Å². The van der Waals surface area contributed by atoms with Crippen LogP contribution < -0.4 is 0 Å². The van der Waals surface area contributed by atoms with Gasteiger partial charge >= 0.3 is 0 Å². The second-order valence-electron chi connectivity index (χ2n) is 3.82. The number of benzene rings is 2. The predicted octanol–water partition coefficient (Wildman–Crippen LogP) is 4.57. The minimum atomic E-state index is 0.256. The van der Waals surface area contributed by atoms with Crippen LogP contribution in [-0.2, 0) is 0 Å². The number of hydrogen-bond acceptors (Lipinski definition) is 2. The van der Waals surface area contributed by atoms with Gasteiger partial charge in [0.05, 0.1) is 4.47 Å². The van der Waals surface area contributed by atoms with Crippen molar-refractivity contribution in [1.82, 2.24) is 0 Å². The van der Waals surface area contributed by atoms with Gasteiger partial charge in [0, 0.05) is 10.9 Å². The van der Waals surface area contributed by atoms with E-state index in [-0.39, 0.29) is 5.75 Å². The fraction of sp³-hybridized carbons (Fsp3) is 0. The second kappa shape index (κ2) is 3.93. The van der Waals surface area contributed by atoms with E-state index in [0.717, 1.165) is 26.8 Å². The summed E-state index contributed by atoms with van der Waals surface area (Å²) in [5.41, 5.74) is 1.79. The van der Waals surface area contributed by atoms with E-state index in [1.54, 1.807) is 12.1 Å². The van der Waals surface area contributed by atoms with Crippen LogP contribution in [0.1, 0.15) is 0 Å². The highest BCUT2D eigenvalue weighted by atomic mass is 79.9. The average molecular weight is 289 g/mol. The van der Waals surface area contributed by atoms with E-state index in [1.165, 1.54) is 0 Å². The van der Waals surface area contributed by atoms with Crippen molar-refractivity contribution in [2.75, 3.05) is 0 Å². The molecule has 3 aromatic rings. The molecule has 2 aromatic carbocycles.